The van der Waals surface area contributed by atoms with E-state index in [1.807, 2.05) is 12.4 Å². The zero-order chi connectivity index (χ0) is 26.5. The highest BCUT2D eigenvalue weighted by molar-refractivity contribution is 6.33. The van der Waals surface area contributed by atoms with Crippen molar-refractivity contribution in [3.63, 3.8) is 0 Å². The molecule has 3 aromatic rings. The lowest BCUT2D eigenvalue weighted by atomic mass is 9.84. The second-order valence-corrected chi connectivity index (χ2v) is 9.91. The Bertz CT molecular complexity index is 1290. The van der Waals surface area contributed by atoms with Crippen LogP contribution < -0.4 is 19.7 Å². The molecule has 0 spiro atoms. The summed E-state index contributed by atoms with van der Waals surface area (Å²) in [4.78, 5) is 23.6. The number of hydrogen-bond acceptors (Lipinski definition) is 9. The summed E-state index contributed by atoms with van der Waals surface area (Å²) < 4.78 is 18.0. The van der Waals surface area contributed by atoms with E-state index >= 15 is 0 Å². The maximum absolute atomic E-state index is 7.16. The summed E-state index contributed by atoms with van der Waals surface area (Å²) >= 11 is 6.36. The molecule has 4 heterocycles. The molecule has 1 N–H and O–H groups in total. The summed E-state index contributed by atoms with van der Waals surface area (Å²) in [5.74, 6) is 2.12. The standard InChI is InChI=1S/C27H30ClN7O3/c1-4-5-6-17-10-30-27(31-11-17)35-12-18-14-37-15-19(13-35)23(18)38-26-24(36-3)25(32-16-33-26)34-22-8-7-20(29-2)9-21(22)28/h7-11,16,18-19,23H,4-6,12-15H2,1,3H3,(H,32,33,34). The third-order valence-corrected chi connectivity index (χ3v) is 7.17. The predicted octanol–water partition coefficient (Wildman–Crippen LogP) is 5.10. The number of anilines is 3. The van der Waals surface area contributed by atoms with Crippen LogP contribution in [0.25, 0.3) is 4.85 Å². The average Bonchev–Trinajstić information content (AvgIpc) is 2.93. The number of nitrogens with one attached hydrogen (secondary N) is 1. The first kappa shape index (κ1) is 25.9. The second-order valence-electron chi connectivity index (χ2n) is 9.50. The molecule has 0 radical (unpaired) electrons. The summed E-state index contributed by atoms with van der Waals surface area (Å²) in [6, 6.07) is 5.01. The maximum Gasteiger partial charge on any atom is 0.262 e. The molecule has 0 aliphatic carbocycles. The first-order chi connectivity index (χ1) is 18.6. The van der Waals surface area contributed by atoms with Crippen LogP contribution in [0.4, 0.5) is 23.1 Å². The monoisotopic (exact) mass is 535 g/mol. The van der Waals surface area contributed by atoms with Crippen molar-refractivity contribution in [1.82, 2.24) is 19.9 Å². The Labute approximate surface area is 227 Å². The van der Waals surface area contributed by atoms with Crippen molar-refractivity contribution >= 4 is 34.7 Å². The molecule has 2 fully saturated rings. The van der Waals surface area contributed by atoms with Crippen molar-refractivity contribution in [2.24, 2.45) is 11.8 Å². The fraction of sp³-hybridized carbons (Fsp3) is 0.444. The Kier molecular flexibility index (Phi) is 8.05. The molecule has 2 bridgehead atoms. The van der Waals surface area contributed by atoms with Crippen molar-refractivity contribution in [2.75, 3.05) is 43.6 Å². The van der Waals surface area contributed by atoms with Crippen LogP contribution in [0.5, 0.6) is 11.6 Å². The zero-order valence-corrected chi connectivity index (χ0v) is 22.2. The van der Waals surface area contributed by atoms with Gasteiger partial charge in [0.2, 0.25) is 11.7 Å². The van der Waals surface area contributed by atoms with E-state index in [-0.39, 0.29) is 17.9 Å². The van der Waals surface area contributed by atoms with Crippen molar-refractivity contribution < 1.29 is 14.2 Å². The summed E-state index contributed by atoms with van der Waals surface area (Å²) in [7, 11) is 1.55. The summed E-state index contributed by atoms with van der Waals surface area (Å²) in [5.41, 5.74) is 2.22. The van der Waals surface area contributed by atoms with Crippen LogP contribution in [-0.4, -0.2) is 59.5 Å². The van der Waals surface area contributed by atoms with Crippen LogP contribution in [0.15, 0.2) is 36.9 Å². The molecule has 2 aliphatic rings. The van der Waals surface area contributed by atoms with E-state index in [9.17, 15) is 0 Å². The van der Waals surface area contributed by atoms with Gasteiger partial charge < -0.3 is 24.4 Å². The summed E-state index contributed by atoms with van der Waals surface area (Å²) in [6.07, 6.45) is 8.49. The van der Waals surface area contributed by atoms with Crippen molar-refractivity contribution in [3.8, 4) is 11.6 Å². The highest BCUT2D eigenvalue weighted by Gasteiger charge is 2.43. The smallest absolute Gasteiger partial charge is 0.262 e. The van der Waals surface area contributed by atoms with E-state index in [1.165, 1.54) is 11.9 Å². The van der Waals surface area contributed by atoms with E-state index < -0.39 is 0 Å². The van der Waals surface area contributed by atoms with Crippen molar-refractivity contribution in [2.45, 2.75) is 32.3 Å². The summed E-state index contributed by atoms with van der Waals surface area (Å²) in [5, 5.41) is 3.58. The van der Waals surface area contributed by atoms with Crippen LogP contribution in [0, 0.1) is 18.4 Å². The highest BCUT2D eigenvalue weighted by atomic mass is 35.5. The van der Waals surface area contributed by atoms with Gasteiger partial charge >= 0.3 is 0 Å². The van der Waals surface area contributed by atoms with Crippen LogP contribution in [0.3, 0.4) is 0 Å². The van der Waals surface area contributed by atoms with Gasteiger partial charge in [-0.2, -0.15) is 4.98 Å². The Balaban J connectivity index is 1.32. The quantitative estimate of drug-likeness (QED) is 0.375. The van der Waals surface area contributed by atoms with Gasteiger partial charge in [0.05, 0.1) is 37.6 Å². The van der Waals surface area contributed by atoms with Gasteiger partial charge in [0.15, 0.2) is 11.5 Å². The molecule has 2 aromatic heterocycles. The Hall–Kier alpha value is -3.68. The van der Waals surface area contributed by atoms with Crippen molar-refractivity contribution in [1.29, 1.82) is 0 Å². The SMILES string of the molecule is [C-]#[N+]c1ccc(Nc2ncnc(OC3C4COCC3CN(c3ncc(CCCC)cn3)C4)c2OC)c(Cl)c1. The average molecular weight is 536 g/mol. The Morgan fingerprint density at radius 2 is 1.92 bits per heavy atom. The topological polar surface area (TPSA) is 98.9 Å². The number of halogens is 1. The van der Waals surface area contributed by atoms with E-state index in [4.69, 9.17) is 32.4 Å². The maximum atomic E-state index is 7.16. The van der Waals surface area contributed by atoms with Gasteiger partial charge in [-0.05, 0) is 30.5 Å². The van der Waals surface area contributed by atoms with Gasteiger partial charge in [-0.25, -0.2) is 19.8 Å². The van der Waals surface area contributed by atoms with Gasteiger partial charge in [0, 0.05) is 37.3 Å². The van der Waals surface area contributed by atoms with E-state index in [2.05, 4.69) is 41.9 Å². The minimum atomic E-state index is -0.109. The lowest BCUT2D eigenvalue weighted by molar-refractivity contribution is -0.0775. The number of hydrogen-bond donors (Lipinski definition) is 1. The number of piperidine rings is 1. The number of unbranched alkanes of at least 4 members (excludes halogenated alkanes) is 1. The largest absolute Gasteiger partial charge is 0.489 e. The molecule has 2 saturated heterocycles. The molecule has 38 heavy (non-hydrogen) atoms. The van der Waals surface area contributed by atoms with Crippen LogP contribution in [0.2, 0.25) is 5.02 Å². The van der Waals surface area contributed by atoms with Gasteiger partial charge in [-0.15, -0.1) is 0 Å². The van der Waals surface area contributed by atoms with Gasteiger partial charge in [0.1, 0.15) is 12.4 Å². The molecule has 5 rings (SSSR count). The molecule has 11 heteroatoms. The van der Waals surface area contributed by atoms with Crippen LogP contribution in [-0.2, 0) is 11.2 Å². The number of rotatable bonds is 9. The number of aryl methyl sites for hydroxylation is 1. The first-order valence-electron chi connectivity index (χ1n) is 12.7. The van der Waals surface area contributed by atoms with Crippen LogP contribution in [0.1, 0.15) is 25.3 Å². The molecule has 198 valence electrons. The van der Waals surface area contributed by atoms with E-state index in [1.54, 1.807) is 25.3 Å². The van der Waals surface area contributed by atoms with Gasteiger partial charge in [-0.1, -0.05) is 31.0 Å². The molecule has 0 amide bonds. The third-order valence-electron chi connectivity index (χ3n) is 6.85. The normalized spacial score (nSPS) is 20.5. The van der Waals surface area contributed by atoms with E-state index in [0.717, 1.165) is 38.3 Å². The molecule has 0 saturated carbocycles. The van der Waals surface area contributed by atoms with Gasteiger partial charge in [-0.3, -0.25) is 0 Å². The van der Waals surface area contributed by atoms with Crippen molar-refractivity contribution in [3.05, 3.63) is 58.9 Å². The number of nitrogens with zero attached hydrogens (tertiary/aromatic N) is 6. The number of methoxy groups -OCH3 is 1. The lowest BCUT2D eigenvalue weighted by Crippen LogP contribution is -2.58. The Morgan fingerprint density at radius 1 is 1.16 bits per heavy atom. The van der Waals surface area contributed by atoms with Gasteiger partial charge in [0.25, 0.3) is 5.88 Å². The predicted molar refractivity (Wildman–Crippen MR) is 145 cm³/mol. The third kappa shape index (κ3) is 5.59. The molecule has 1 aromatic carbocycles. The zero-order valence-electron chi connectivity index (χ0n) is 21.4. The fourth-order valence-corrected chi connectivity index (χ4v) is 5.14. The van der Waals surface area contributed by atoms with Crippen LogP contribution >= 0.6 is 11.6 Å². The summed E-state index contributed by atoms with van der Waals surface area (Å²) in [6.45, 7) is 11.9. The minimum Gasteiger partial charge on any atom is -0.489 e. The number of ether oxygens (including phenoxy) is 3. The second kappa shape index (κ2) is 11.8. The van der Waals surface area contributed by atoms with E-state index in [0.29, 0.717) is 47.1 Å². The first-order valence-corrected chi connectivity index (χ1v) is 13.1. The molecule has 2 aliphatic heterocycles. The minimum absolute atomic E-state index is 0.109. The molecule has 2 unspecified atom stereocenters. The lowest BCUT2D eigenvalue weighted by Gasteiger charge is -2.46. The number of aromatic nitrogens is 4. The molecule has 10 nitrogen and oxygen atoms in total. The number of benzene rings is 1. The highest BCUT2D eigenvalue weighted by Crippen LogP contribution is 2.39. The number of fused-ring (bicyclic) bond motifs is 2. The molecular formula is C27H30ClN7O3. The Morgan fingerprint density at radius 3 is 2.58 bits per heavy atom. The molecule has 2 atom stereocenters. The fourth-order valence-electron chi connectivity index (χ4n) is 4.92. The molecular weight excluding hydrogens is 506 g/mol.